The Morgan fingerprint density at radius 2 is 1.87 bits per heavy atom. The maximum absolute atomic E-state index is 14.3. The number of anilines is 1. The van der Waals surface area contributed by atoms with E-state index in [0.29, 0.717) is 37.3 Å². The summed E-state index contributed by atoms with van der Waals surface area (Å²) in [6.07, 6.45) is 2.96. The molecule has 2 aromatic rings. The molecule has 7 heteroatoms. The number of carbonyl (C=O) groups excluding carboxylic acids is 2. The first-order valence-corrected chi connectivity index (χ1v) is 10.4. The Kier molecular flexibility index (Phi) is 7.15. The van der Waals surface area contributed by atoms with Gasteiger partial charge in [0.1, 0.15) is 5.82 Å². The van der Waals surface area contributed by atoms with Gasteiger partial charge < -0.3 is 10.2 Å². The maximum atomic E-state index is 14.3. The molecule has 160 valence electrons. The Morgan fingerprint density at radius 3 is 2.50 bits per heavy atom. The molecule has 0 unspecified atom stereocenters. The van der Waals surface area contributed by atoms with Crippen molar-refractivity contribution in [1.82, 2.24) is 14.8 Å². The molecular formula is C23H29FN4O2. The molecule has 1 aromatic heterocycles. The number of nitrogens with one attached hydrogen (secondary N) is 1. The van der Waals surface area contributed by atoms with Crippen LogP contribution in [0.5, 0.6) is 0 Å². The quantitative estimate of drug-likeness (QED) is 0.788. The summed E-state index contributed by atoms with van der Waals surface area (Å²) < 4.78 is 14.3. The molecule has 1 N–H and O–H groups in total. The fourth-order valence-electron chi connectivity index (χ4n) is 3.59. The number of piperazine rings is 1. The van der Waals surface area contributed by atoms with E-state index in [1.54, 1.807) is 12.1 Å². The zero-order valence-electron chi connectivity index (χ0n) is 17.9. The summed E-state index contributed by atoms with van der Waals surface area (Å²) in [5.41, 5.74) is 3.40. The normalized spacial score (nSPS) is 14.6. The van der Waals surface area contributed by atoms with E-state index >= 15 is 0 Å². The van der Waals surface area contributed by atoms with Gasteiger partial charge in [-0.1, -0.05) is 6.92 Å². The largest absolute Gasteiger partial charge is 0.340 e. The molecule has 0 saturated carbocycles. The first-order chi connectivity index (χ1) is 14.4. The lowest BCUT2D eigenvalue weighted by atomic mass is 10.0. The van der Waals surface area contributed by atoms with Gasteiger partial charge in [-0.05, 0) is 55.7 Å². The van der Waals surface area contributed by atoms with Crippen LogP contribution in [-0.2, 0) is 11.3 Å². The molecule has 2 heterocycles. The van der Waals surface area contributed by atoms with Crippen LogP contribution >= 0.6 is 0 Å². The number of carbonyl (C=O) groups is 2. The van der Waals surface area contributed by atoms with Gasteiger partial charge in [0.05, 0.1) is 5.56 Å². The first-order valence-electron chi connectivity index (χ1n) is 10.4. The summed E-state index contributed by atoms with van der Waals surface area (Å²) in [5.74, 6) is -0.496. The molecule has 0 aliphatic carbocycles. The molecule has 1 aliphatic rings. The van der Waals surface area contributed by atoms with Crippen LogP contribution in [0.3, 0.4) is 0 Å². The minimum Gasteiger partial charge on any atom is -0.340 e. The highest BCUT2D eigenvalue weighted by atomic mass is 19.1. The fourth-order valence-corrected chi connectivity index (χ4v) is 3.59. The van der Waals surface area contributed by atoms with Crippen LogP contribution in [0.25, 0.3) is 0 Å². The summed E-state index contributed by atoms with van der Waals surface area (Å²) in [5, 5.41) is 2.81. The minimum absolute atomic E-state index is 0.203. The van der Waals surface area contributed by atoms with Crippen molar-refractivity contribution in [3.63, 3.8) is 0 Å². The SMILES string of the molecule is CCCC(=O)N1CCN(Cc2cc(F)cc(NC(=O)c3ccc(C)nc3)c2C)CC1. The highest BCUT2D eigenvalue weighted by Gasteiger charge is 2.21. The van der Waals surface area contributed by atoms with Gasteiger partial charge in [-0.15, -0.1) is 0 Å². The average molecular weight is 413 g/mol. The van der Waals surface area contributed by atoms with E-state index in [1.165, 1.54) is 18.3 Å². The molecule has 1 aliphatic heterocycles. The number of nitrogens with zero attached hydrogens (tertiary/aromatic N) is 3. The molecule has 0 spiro atoms. The second-order valence-corrected chi connectivity index (χ2v) is 7.79. The minimum atomic E-state index is -0.385. The Morgan fingerprint density at radius 1 is 1.13 bits per heavy atom. The van der Waals surface area contributed by atoms with Crippen molar-refractivity contribution < 1.29 is 14.0 Å². The predicted octanol–water partition coefficient (Wildman–Crippen LogP) is 3.53. The molecule has 0 atom stereocenters. The van der Waals surface area contributed by atoms with E-state index in [4.69, 9.17) is 0 Å². The van der Waals surface area contributed by atoms with E-state index in [1.807, 2.05) is 25.7 Å². The molecule has 3 rings (SSSR count). The van der Waals surface area contributed by atoms with Crippen LogP contribution in [-0.4, -0.2) is 52.8 Å². The van der Waals surface area contributed by atoms with Crippen LogP contribution < -0.4 is 5.32 Å². The number of amides is 2. The smallest absolute Gasteiger partial charge is 0.257 e. The monoisotopic (exact) mass is 412 g/mol. The highest BCUT2D eigenvalue weighted by molar-refractivity contribution is 6.04. The standard InChI is InChI=1S/C23H29FN4O2/c1-4-5-22(29)28-10-8-27(9-11-28)15-19-12-20(24)13-21(17(19)3)26-23(30)18-7-6-16(2)25-14-18/h6-7,12-14H,4-5,8-11,15H2,1-3H3,(H,26,30). The van der Waals surface area contributed by atoms with Gasteiger partial charge in [-0.2, -0.15) is 0 Å². The second-order valence-electron chi connectivity index (χ2n) is 7.79. The third-order valence-electron chi connectivity index (χ3n) is 5.48. The molecule has 1 saturated heterocycles. The zero-order chi connectivity index (χ0) is 21.7. The number of rotatable bonds is 6. The molecule has 0 radical (unpaired) electrons. The predicted molar refractivity (Wildman–Crippen MR) is 115 cm³/mol. The van der Waals surface area contributed by atoms with Gasteiger partial charge >= 0.3 is 0 Å². The molecule has 0 bridgehead atoms. The van der Waals surface area contributed by atoms with Gasteiger partial charge in [0.25, 0.3) is 5.91 Å². The van der Waals surface area contributed by atoms with E-state index in [0.717, 1.165) is 36.3 Å². The average Bonchev–Trinajstić information content (AvgIpc) is 2.72. The molecular weight excluding hydrogens is 383 g/mol. The number of aryl methyl sites for hydroxylation is 1. The van der Waals surface area contributed by atoms with Crippen LogP contribution in [0, 0.1) is 19.7 Å². The van der Waals surface area contributed by atoms with Crippen molar-refractivity contribution >= 4 is 17.5 Å². The van der Waals surface area contributed by atoms with E-state index in [-0.39, 0.29) is 17.6 Å². The molecule has 30 heavy (non-hydrogen) atoms. The van der Waals surface area contributed by atoms with Crippen LogP contribution in [0.15, 0.2) is 30.5 Å². The van der Waals surface area contributed by atoms with Crippen molar-refractivity contribution in [2.45, 2.75) is 40.2 Å². The third kappa shape index (κ3) is 5.42. The number of halogens is 1. The topological polar surface area (TPSA) is 65.5 Å². The van der Waals surface area contributed by atoms with E-state index < -0.39 is 0 Å². The van der Waals surface area contributed by atoms with Gasteiger partial charge in [0.15, 0.2) is 0 Å². The summed E-state index contributed by atoms with van der Waals surface area (Å²) in [7, 11) is 0. The van der Waals surface area contributed by atoms with Gasteiger partial charge in [0, 0.05) is 56.7 Å². The fraction of sp³-hybridized carbons (Fsp3) is 0.435. The van der Waals surface area contributed by atoms with Crippen molar-refractivity contribution in [3.8, 4) is 0 Å². The van der Waals surface area contributed by atoms with Crippen molar-refractivity contribution in [1.29, 1.82) is 0 Å². The highest BCUT2D eigenvalue weighted by Crippen LogP contribution is 2.24. The lowest BCUT2D eigenvalue weighted by molar-refractivity contribution is -0.133. The van der Waals surface area contributed by atoms with Crippen LogP contribution in [0.4, 0.5) is 10.1 Å². The lowest BCUT2D eigenvalue weighted by Crippen LogP contribution is -2.48. The number of pyridine rings is 1. The molecule has 1 aromatic carbocycles. The number of hydrogen-bond donors (Lipinski definition) is 1. The molecule has 1 fully saturated rings. The van der Waals surface area contributed by atoms with Gasteiger partial charge in [-0.3, -0.25) is 19.5 Å². The third-order valence-corrected chi connectivity index (χ3v) is 5.48. The van der Waals surface area contributed by atoms with Gasteiger partial charge in [-0.25, -0.2) is 4.39 Å². The first kappa shape index (κ1) is 21.9. The van der Waals surface area contributed by atoms with Crippen molar-refractivity contribution in [3.05, 3.63) is 58.7 Å². The van der Waals surface area contributed by atoms with Gasteiger partial charge in [0.2, 0.25) is 5.91 Å². The summed E-state index contributed by atoms with van der Waals surface area (Å²) in [4.78, 5) is 32.8. The summed E-state index contributed by atoms with van der Waals surface area (Å²) >= 11 is 0. The zero-order valence-corrected chi connectivity index (χ0v) is 17.9. The number of benzene rings is 1. The Hall–Kier alpha value is -2.80. The number of aromatic nitrogens is 1. The van der Waals surface area contributed by atoms with Crippen molar-refractivity contribution in [2.75, 3.05) is 31.5 Å². The molecule has 6 nitrogen and oxygen atoms in total. The summed E-state index contributed by atoms with van der Waals surface area (Å²) in [6.45, 7) is 9.21. The van der Waals surface area contributed by atoms with Crippen LogP contribution in [0.2, 0.25) is 0 Å². The summed E-state index contributed by atoms with van der Waals surface area (Å²) in [6, 6.07) is 6.34. The molecule has 2 amide bonds. The van der Waals surface area contributed by atoms with Crippen molar-refractivity contribution in [2.24, 2.45) is 0 Å². The maximum Gasteiger partial charge on any atom is 0.257 e. The van der Waals surface area contributed by atoms with Crippen LogP contribution in [0.1, 0.15) is 46.9 Å². The Labute approximate surface area is 177 Å². The Balaban J connectivity index is 1.67. The van der Waals surface area contributed by atoms with E-state index in [2.05, 4.69) is 15.2 Å². The Bertz CT molecular complexity index is 906. The van der Waals surface area contributed by atoms with E-state index in [9.17, 15) is 14.0 Å². The number of hydrogen-bond acceptors (Lipinski definition) is 4. The lowest BCUT2D eigenvalue weighted by Gasteiger charge is -2.35. The second kappa shape index (κ2) is 9.80.